The van der Waals surface area contributed by atoms with Crippen LogP contribution in [-0.2, 0) is 4.74 Å². The lowest BCUT2D eigenvalue weighted by Crippen LogP contribution is -2.37. The van der Waals surface area contributed by atoms with Crippen LogP contribution in [0.5, 0.6) is 11.5 Å². The molecule has 3 aromatic rings. The average Bonchev–Trinajstić information content (AvgIpc) is 3.29. The molecule has 5 rings (SSSR count). The van der Waals surface area contributed by atoms with E-state index < -0.39 is 0 Å². The van der Waals surface area contributed by atoms with Gasteiger partial charge in [-0.2, -0.15) is 0 Å². The van der Waals surface area contributed by atoms with Crippen LogP contribution >= 0.6 is 11.6 Å². The largest absolute Gasteiger partial charge is 0.454 e. The van der Waals surface area contributed by atoms with Crippen LogP contribution in [0.15, 0.2) is 42.5 Å². The van der Waals surface area contributed by atoms with E-state index in [1.165, 1.54) is 0 Å². The highest BCUT2D eigenvalue weighted by Crippen LogP contribution is 2.33. The summed E-state index contributed by atoms with van der Waals surface area (Å²) in [5, 5.41) is 5.34. The third-order valence-electron chi connectivity index (χ3n) is 5.70. The number of hydrogen-bond acceptors (Lipinski definition) is 6. The molecule has 0 bridgehead atoms. The molecule has 0 aliphatic carbocycles. The molecule has 7 heteroatoms. The Labute approximate surface area is 192 Å². The number of nitrogens with zero attached hydrogens (tertiary/aromatic N) is 2. The van der Waals surface area contributed by atoms with Crippen LogP contribution in [0.3, 0.4) is 0 Å². The predicted molar refractivity (Wildman–Crippen MR) is 129 cm³/mol. The van der Waals surface area contributed by atoms with Gasteiger partial charge in [0, 0.05) is 35.7 Å². The summed E-state index contributed by atoms with van der Waals surface area (Å²) in [6, 6.07) is 13.8. The van der Waals surface area contributed by atoms with E-state index in [0.29, 0.717) is 5.02 Å². The van der Waals surface area contributed by atoms with E-state index in [2.05, 4.69) is 16.3 Å². The first kappa shape index (κ1) is 21.1. The van der Waals surface area contributed by atoms with Crippen molar-refractivity contribution in [2.24, 2.45) is 0 Å². The molecule has 2 aliphatic heterocycles. The average molecular weight is 452 g/mol. The lowest BCUT2D eigenvalue weighted by Gasteiger charge is -2.26. The molecule has 32 heavy (non-hydrogen) atoms. The van der Waals surface area contributed by atoms with Gasteiger partial charge in [0.25, 0.3) is 0 Å². The van der Waals surface area contributed by atoms with Crippen molar-refractivity contribution in [3.05, 3.63) is 58.7 Å². The number of benzene rings is 2. The molecular formula is C25H26ClN3O3. The summed E-state index contributed by atoms with van der Waals surface area (Å²) in [5.41, 5.74) is 3.88. The Morgan fingerprint density at radius 1 is 1.00 bits per heavy atom. The zero-order valence-electron chi connectivity index (χ0n) is 17.9. The third kappa shape index (κ3) is 4.99. The van der Waals surface area contributed by atoms with E-state index in [4.69, 9.17) is 30.8 Å². The number of halogens is 1. The second-order valence-electron chi connectivity index (χ2n) is 7.94. The Bertz CT molecular complexity index is 1130. The molecule has 0 saturated carbocycles. The van der Waals surface area contributed by atoms with Crippen LogP contribution in [0.25, 0.3) is 23.1 Å². The quantitative estimate of drug-likeness (QED) is 0.514. The molecule has 3 heterocycles. The van der Waals surface area contributed by atoms with Crippen molar-refractivity contribution in [3.8, 4) is 11.5 Å². The Kier molecular flexibility index (Phi) is 6.44. The molecule has 6 nitrogen and oxygen atoms in total. The van der Waals surface area contributed by atoms with E-state index in [0.717, 1.165) is 85.2 Å². The van der Waals surface area contributed by atoms with Crippen molar-refractivity contribution in [2.45, 2.75) is 6.42 Å². The van der Waals surface area contributed by atoms with Gasteiger partial charge in [-0.05, 0) is 61.0 Å². The normalized spacial score (nSPS) is 16.2. The fourth-order valence-electron chi connectivity index (χ4n) is 4.00. The van der Waals surface area contributed by atoms with Crippen LogP contribution in [0.2, 0.25) is 5.02 Å². The number of rotatable bonds is 7. The molecule has 1 fully saturated rings. The van der Waals surface area contributed by atoms with Crippen LogP contribution in [0, 0.1) is 0 Å². The molecule has 1 N–H and O–H groups in total. The number of pyridine rings is 1. The van der Waals surface area contributed by atoms with E-state index in [1.807, 2.05) is 48.6 Å². The predicted octanol–water partition coefficient (Wildman–Crippen LogP) is 4.92. The van der Waals surface area contributed by atoms with E-state index in [1.54, 1.807) is 0 Å². The number of nitrogens with one attached hydrogen (secondary N) is 1. The Hall–Kier alpha value is -2.80. The minimum atomic E-state index is 0.276. The minimum absolute atomic E-state index is 0.276. The van der Waals surface area contributed by atoms with Gasteiger partial charge >= 0.3 is 0 Å². The fraction of sp³-hybridized carbons (Fsp3) is 0.320. The highest BCUT2D eigenvalue weighted by molar-refractivity contribution is 6.31. The topological polar surface area (TPSA) is 55.9 Å². The Balaban J connectivity index is 1.32. The van der Waals surface area contributed by atoms with Crippen molar-refractivity contribution >= 4 is 40.3 Å². The first-order chi connectivity index (χ1) is 15.7. The van der Waals surface area contributed by atoms with Gasteiger partial charge in [0.15, 0.2) is 11.5 Å². The van der Waals surface area contributed by atoms with Gasteiger partial charge in [-0.15, -0.1) is 0 Å². The Morgan fingerprint density at radius 2 is 1.88 bits per heavy atom. The number of fused-ring (bicyclic) bond motifs is 2. The number of hydrogen-bond donors (Lipinski definition) is 1. The summed E-state index contributed by atoms with van der Waals surface area (Å²) in [5.74, 6) is 1.56. The summed E-state index contributed by atoms with van der Waals surface area (Å²) in [6.07, 6.45) is 5.12. The number of aromatic nitrogens is 1. The van der Waals surface area contributed by atoms with Crippen LogP contribution in [-0.4, -0.2) is 56.1 Å². The summed E-state index contributed by atoms with van der Waals surface area (Å²) in [7, 11) is 0. The smallest absolute Gasteiger partial charge is 0.231 e. The lowest BCUT2D eigenvalue weighted by molar-refractivity contribution is 0.0378. The number of morpholine rings is 1. The summed E-state index contributed by atoms with van der Waals surface area (Å²) in [4.78, 5) is 7.25. The highest BCUT2D eigenvalue weighted by atomic mass is 35.5. The van der Waals surface area contributed by atoms with Gasteiger partial charge in [-0.3, -0.25) is 4.90 Å². The first-order valence-corrected chi connectivity index (χ1v) is 11.3. The molecule has 2 aromatic carbocycles. The van der Waals surface area contributed by atoms with E-state index >= 15 is 0 Å². The SMILES string of the molecule is Clc1ccc2nc(/C=C/c3ccc4c(c3)OCO4)cc(NCCCN3CCOCC3)c2c1. The molecule has 0 radical (unpaired) electrons. The van der Waals surface area contributed by atoms with Gasteiger partial charge in [0.05, 0.1) is 24.4 Å². The molecular weight excluding hydrogens is 426 g/mol. The van der Waals surface area contributed by atoms with Crippen LogP contribution < -0.4 is 14.8 Å². The fourth-order valence-corrected chi connectivity index (χ4v) is 4.17. The molecule has 0 unspecified atom stereocenters. The monoisotopic (exact) mass is 451 g/mol. The molecule has 1 aromatic heterocycles. The molecule has 1 saturated heterocycles. The zero-order valence-corrected chi connectivity index (χ0v) is 18.6. The molecule has 2 aliphatic rings. The summed E-state index contributed by atoms with van der Waals surface area (Å²) >= 11 is 6.27. The van der Waals surface area contributed by atoms with Crippen molar-refractivity contribution in [3.63, 3.8) is 0 Å². The van der Waals surface area contributed by atoms with E-state index in [9.17, 15) is 0 Å². The lowest BCUT2D eigenvalue weighted by atomic mass is 10.1. The second-order valence-corrected chi connectivity index (χ2v) is 8.37. The molecule has 0 amide bonds. The second kappa shape index (κ2) is 9.77. The van der Waals surface area contributed by atoms with Crippen LogP contribution in [0.1, 0.15) is 17.7 Å². The van der Waals surface area contributed by atoms with Crippen molar-refractivity contribution in [2.75, 3.05) is 51.5 Å². The first-order valence-electron chi connectivity index (χ1n) is 11.0. The maximum atomic E-state index is 6.27. The number of ether oxygens (including phenoxy) is 3. The minimum Gasteiger partial charge on any atom is -0.454 e. The van der Waals surface area contributed by atoms with Crippen LogP contribution in [0.4, 0.5) is 5.69 Å². The van der Waals surface area contributed by atoms with Crippen molar-refractivity contribution < 1.29 is 14.2 Å². The van der Waals surface area contributed by atoms with Crippen molar-refractivity contribution in [1.29, 1.82) is 0 Å². The maximum Gasteiger partial charge on any atom is 0.231 e. The van der Waals surface area contributed by atoms with Gasteiger partial charge < -0.3 is 19.5 Å². The van der Waals surface area contributed by atoms with Gasteiger partial charge in [0.1, 0.15) is 0 Å². The molecule has 0 spiro atoms. The summed E-state index contributed by atoms with van der Waals surface area (Å²) in [6.45, 7) is 5.92. The third-order valence-corrected chi connectivity index (χ3v) is 5.94. The maximum absolute atomic E-state index is 6.27. The highest BCUT2D eigenvalue weighted by Gasteiger charge is 2.13. The Morgan fingerprint density at radius 3 is 2.78 bits per heavy atom. The standard InChI is InChI=1S/C25H26ClN3O3/c26-19-4-6-22-21(15-19)23(27-8-1-9-29-10-12-30-13-11-29)16-20(28-22)5-2-18-3-7-24-25(14-18)32-17-31-24/h2-7,14-16H,1,8-13,17H2,(H,27,28)/b5-2+. The van der Waals surface area contributed by atoms with Gasteiger partial charge in [-0.25, -0.2) is 4.98 Å². The van der Waals surface area contributed by atoms with Gasteiger partial charge in [0.2, 0.25) is 6.79 Å². The van der Waals surface area contributed by atoms with E-state index in [-0.39, 0.29) is 6.79 Å². The summed E-state index contributed by atoms with van der Waals surface area (Å²) < 4.78 is 16.3. The molecule has 0 atom stereocenters. The zero-order chi connectivity index (χ0) is 21.8. The van der Waals surface area contributed by atoms with Crippen molar-refractivity contribution in [1.82, 2.24) is 9.88 Å². The van der Waals surface area contributed by atoms with Gasteiger partial charge in [-0.1, -0.05) is 23.7 Å². The number of anilines is 1. The molecule has 166 valence electrons.